The van der Waals surface area contributed by atoms with Gasteiger partial charge in [-0.2, -0.15) is 0 Å². The van der Waals surface area contributed by atoms with E-state index in [4.69, 9.17) is 0 Å². The maximum atomic E-state index is 3.24. The highest BCUT2D eigenvalue weighted by atomic mass is 15.2. The molecule has 0 aromatic heterocycles. The average molecular weight is 99.2 g/mol. The molecule has 2 nitrogen and oxygen atoms in total. The highest BCUT2D eigenvalue weighted by Crippen LogP contribution is 1.86. The first kappa shape index (κ1) is 5.06. The Morgan fingerprint density at radius 2 is 2.00 bits per heavy atom. The largest absolute Gasteiger partial charge is 0.300 e. The third-order valence-corrected chi connectivity index (χ3v) is 1.19. The molecule has 1 aliphatic rings. The van der Waals surface area contributed by atoms with Crippen LogP contribution in [0.25, 0.3) is 0 Å². The van der Waals surface area contributed by atoms with Crippen LogP contribution in [0.1, 0.15) is 6.92 Å². The molecular formula is C5H11N2. The zero-order valence-electron chi connectivity index (χ0n) is 4.57. The molecule has 0 bridgehead atoms. The predicted octanol–water partition coefficient (Wildman–Crippen LogP) is -0.271. The van der Waals surface area contributed by atoms with E-state index in [1.54, 1.807) is 0 Å². The highest BCUT2D eigenvalue weighted by Gasteiger charge is 2.08. The molecule has 0 spiro atoms. The van der Waals surface area contributed by atoms with E-state index in [-0.39, 0.29) is 0 Å². The molecule has 1 radical (unpaired) electrons. The van der Waals surface area contributed by atoms with Crippen molar-refractivity contribution >= 4 is 0 Å². The van der Waals surface area contributed by atoms with Crippen molar-refractivity contribution in [1.29, 1.82) is 0 Å². The Labute approximate surface area is 44.3 Å². The van der Waals surface area contributed by atoms with Gasteiger partial charge in [0.1, 0.15) is 0 Å². The van der Waals surface area contributed by atoms with E-state index in [1.165, 1.54) is 0 Å². The minimum absolute atomic E-state index is 0.472. The molecule has 0 aromatic carbocycles. The molecule has 1 rings (SSSR count). The van der Waals surface area contributed by atoms with E-state index in [0.717, 1.165) is 13.1 Å². The number of rotatable bonds is 1. The van der Waals surface area contributed by atoms with Gasteiger partial charge in [-0.15, -0.1) is 0 Å². The molecule has 1 heterocycles. The number of hydrogen-bond acceptors (Lipinski definition) is 2. The van der Waals surface area contributed by atoms with Crippen LogP contribution in [0.5, 0.6) is 0 Å². The van der Waals surface area contributed by atoms with Crippen LogP contribution in [0.15, 0.2) is 0 Å². The molecule has 0 saturated carbocycles. The average Bonchev–Trinajstić information content (AvgIpc) is 2.14. The van der Waals surface area contributed by atoms with Crippen LogP contribution < -0.4 is 10.6 Å². The van der Waals surface area contributed by atoms with Crippen LogP contribution in [-0.4, -0.2) is 19.3 Å². The molecule has 41 valence electrons. The summed E-state index contributed by atoms with van der Waals surface area (Å²) in [7, 11) is 0. The lowest BCUT2D eigenvalue weighted by Crippen LogP contribution is -2.30. The van der Waals surface area contributed by atoms with Crippen LogP contribution in [-0.2, 0) is 0 Å². The van der Waals surface area contributed by atoms with E-state index >= 15 is 0 Å². The van der Waals surface area contributed by atoms with E-state index in [9.17, 15) is 0 Å². The van der Waals surface area contributed by atoms with Gasteiger partial charge < -0.3 is 10.6 Å². The summed E-state index contributed by atoms with van der Waals surface area (Å²) in [5.74, 6) is 0. The fourth-order valence-electron chi connectivity index (χ4n) is 0.763. The van der Waals surface area contributed by atoms with Crippen molar-refractivity contribution in [1.82, 2.24) is 10.6 Å². The Kier molecular flexibility index (Phi) is 1.65. The summed E-state index contributed by atoms with van der Waals surface area (Å²) in [6, 6.07) is 0. The molecule has 7 heavy (non-hydrogen) atoms. The number of nitrogens with one attached hydrogen (secondary N) is 2. The maximum absolute atomic E-state index is 3.24. The van der Waals surface area contributed by atoms with Crippen LogP contribution in [0, 0.1) is 6.42 Å². The SMILES string of the molecule is C[CH]C1NCCN1. The molecule has 0 aliphatic carbocycles. The third kappa shape index (κ3) is 1.14. The van der Waals surface area contributed by atoms with Gasteiger partial charge in [-0.05, 0) is 6.42 Å². The van der Waals surface area contributed by atoms with Crippen LogP contribution in [0.4, 0.5) is 0 Å². The van der Waals surface area contributed by atoms with E-state index < -0.39 is 0 Å². The fourth-order valence-corrected chi connectivity index (χ4v) is 0.763. The quantitative estimate of drug-likeness (QED) is 0.473. The first-order valence-corrected chi connectivity index (χ1v) is 2.70. The molecule has 0 atom stereocenters. The standard InChI is InChI=1S/C5H11N2/c1-2-5-6-3-4-7-5/h2,5-7H,3-4H2,1H3. The van der Waals surface area contributed by atoms with Crippen molar-refractivity contribution in [2.24, 2.45) is 0 Å². The van der Waals surface area contributed by atoms with Gasteiger partial charge in [0.25, 0.3) is 0 Å². The second kappa shape index (κ2) is 2.28. The van der Waals surface area contributed by atoms with Gasteiger partial charge in [0.15, 0.2) is 0 Å². The number of hydrogen-bond donors (Lipinski definition) is 2. The van der Waals surface area contributed by atoms with Crippen LogP contribution >= 0.6 is 0 Å². The molecule has 1 aliphatic heterocycles. The summed E-state index contributed by atoms with van der Waals surface area (Å²) in [5, 5.41) is 6.48. The van der Waals surface area contributed by atoms with Crippen molar-refractivity contribution in [3.8, 4) is 0 Å². The summed E-state index contributed by atoms with van der Waals surface area (Å²) in [6.45, 7) is 4.26. The fraction of sp³-hybridized carbons (Fsp3) is 0.800. The lowest BCUT2D eigenvalue weighted by Gasteiger charge is -2.03. The Morgan fingerprint density at radius 3 is 2.29 bits per heavy atom. The lowest BCUT2D eigenvalue weighted by molar-refractivity contribution is 0.625. The lowest BCUT2D eigenvalue weighted by atomic mass is 10.4. The highest BCUT2D eigenvalue weighted by molar-refractivity contribution is 4.81. The Morgan fingerprint density at radius 1 is 1.43 bits per heavy atom. The van der Waals surface area contributed by atoms with E-state index in [0.29, 0.717) is 6.17 Å². The molecule has 0 aromatic rings. The van der Waals surface area contributed by atoms with Gasteiger partial charge in [-0.25, -0.2) is 0 Å². The first-order valence-electron chi connectivity index (χ1n) is 2.70. The van der Waals surface area contributed by atoms with Crippen molar-refractivity contribution < 1.29 is 0 Å². The predicted molar refractivity (Wildman–Crippen MR) is 29.8 cm³/mol. The molecule has 2 N–H and O–H groups in total. The first-order chi connectivity index (χ1) is 3.43. The van der Waals surface area contributed by atoms with Crippen LogP contribution in [0.3, 0.4) is 0 Å². The second-order valence-corrected chi connectivity index (χ2v) is 1.72. The van der Waals surface area contributed by atoms with E-state index in [1.807, 2.05) is 0 Å². The van der Waals surface area contributed by atoms with Gasteiger partial charge in [0, 0.05) is 13.1 Å². The second-order valence-electron chi connectivity index (χ2n) is 1.72. The Bertz CT molecular complexity index is 48.0. The van der Waals surface area contributed by atoms with Gasteiger partial charge in [0.05, 0.1) is 6.17 Å². The molecule has 0 unspecified atom stereocenters. The van der Waals surface area contributed by atoms with Gasteiger partial charge in [-0.3, -0.25) is 0 Å². The monoisotopic (exact) mass is 99.1 g/mol. The minimum atomic E-state index is 0.472. The molecule has 1 saturated heterocycles. The summed E-state index contributed by atoms with van der Waals surface area (Å²) in [4.78, 5) is 0. The minimum Gasteiger partial charge on any atom is -0.300 e. The molecule has 2 heteroatoms. The smallest absolute Gasteiger partial charge is 0.0602 e. The summed E-state index contributed by atoms with van der Waals surface area (Å²) < 4.78 is 0. The zero-order valence-corrected chi connectivity index (χ0v) is 4.57. The van der Waals surface area contributed by atoms with Crippen LogP contribution in [0.2, 0.25) is 0 Å². The maximum Gasteiger partial charge on any atom is 0.0602 e. The van der Waals surface area contributed by atoms with Gasteiger partial charge >= 0.3 is 0 Å². The van der Waals surface area contributed by atoms with Crippen molar-refractivity contribution in [3.05, 3.63) is 6.42 Å². The van der Waals surface area contributed by atoms with Crippen molar-refractivity contribution in [2.45, 2.75) is 13.1 Å². The molecular weight excluding hydrogens is 88.1 g/mol. The normalized spacial score (nSPS) is 23.6. The Balaban J connectivity index is 2.14. The van der Waals surface area contributed by atoms with Crippen molar-refractivity contribution in [3.63, 3.8) is 0 Å². The summed E-state index contributed by atoms with van der Waals surface area (Å²) in [6.07, 6.45) is 2.59. The molecule has 1 fully saturated rings. The van der Waals surface area contributed by atoms with E-state index in [2.05, 4.69) is 24.0 Å². The van der Waals surface area contributed by atoms with Gasteiger partial charge in [0.2, 0.25) is 0 Å². The third-order valence-electron chi connectivity index (χ3n) is 1.19. The Hall–Kier alpha value is -0.0800. The zero-order chi connectivity index (χ0) is 5.11. The van der Waals surface area contributed by atoms with Gasteiger partial charge in [-0.1, -0.05) is 6.92 Å². The summed E-state index contributed by atoms with van der Waals surface area (Å²) in [5.41, 5.74) is 0. The topological polar surface area (TPSA) is 24.1 Å². The van der Waals surface area contributed by atoms with Crippen molar-refractivity contribution in [2.75, 3.05) is 13.1 Å². The molecule has 0 amide bonds. The summed E-state index contributed by atoms with van der Waals surface area (Å²) >= 11 is 0.